The summed E-state index contributed by atoms with van der Waals surface area (Å²) in [6, 6.07) is 18.4. The van der Waals surface area contributed by atoms with Gasteiger partial charge in [-0.15, -0.1) is 0 Å². The van der Waals surface area contributed by atoms with E-state index in [0.29, 0.717) is 0 Å². The van der Waals surface area contributed by atoms with Gasteiger partial charge in [0.1, 0.15) is 0 Å². The van der Waals surface area contributed by atoms with E-state index in [-0.39, 0.29) is 0 Å². The van der Waals surface area contributed by atoms with E-state index < -0.39 is 0 Å². The maximum absolute atomic E-state index is 3.17. The van der Waals surface area contributed by atoms with E-state index in [1.165, 1.54) is 32.7 Å². The van der Waals surface area contributed by atoms with Crippen LogP contribution in [0.15, 0.2) is 42.5 Å². The van der Waals surface area contributed by atoms with E-state index in [2.05, 4.69) is 56.3 Å². The van der Waals surface area contributed by atoms with E-state index in [0.717, 1.165) is 12.8 Å². The summed E-state index contributed by atoms with van der Waals surface area (Å²) in [5.41, 5.74) is 2.98. The van der Waals surface area contributed by atoms with E-state index in [1.807, 2.05) is 6.07 Å². The molecule has 0 spiro atoms. The molecule has 3 aromatic rings. The third kappa shape index (κ3) is 1.60. The van der Waals surface area contributed by atoms with E-state index in [1.54, 1.807) is 0 Å². The second-order valence-corrected chi connectivity index (χ2v) is 4.72. The molecule has 0 saturated heterocycles. The summed E-state index contributed by atoms with van der Waals surface area (Å²) in [7, 11) is 0. The van der Waals surface area contributed by atoms with Crippen LogP contribution < -0.4 is 0 Å². The molecule has 0 aromatic heterocycles. The fraction of sp³-hybridized carbons (Fsp3) is 0.222. The van der Waals surface area contributed by atoms with Crippen LogP contribution in [0.5, 0.6) is 0 Å². The van der Waals surface area contributed by atoms with E-state index in [4.69, 9.17) is 0 Å². The average Bonchev–Trinajstić information content (AvgIpc) is 2.45. The van der Waals surface area contributed by atoms with Gasteiger partial charge in [-0.1, -0.05) is 50.2 Å². The fourth-order valence-corrected chi connectivity index (χ4v) is 2.89. The Bertz CT molecular complexity index is 708. The van der Waals surface area contributed by atoms with Crippen LogP contribution in [0.1, 0.15) is 25.0 Å². The number of hydrogen-bond acceptors (Lipinski definition) is 0. The summed E-state index contributed by atoms with van der Waals surface area (Å²) < 4.78 is 0. The first-order valence-corrected chi connectivity index (χ1v) is 6.68. The van der Waals surface area contributed by atoms with Crippen molar-refractivity contribution in [2.75, 3.05) is 0 Å². The zero-order valence-corrected chi connectivity index (χ0v) is 11.0. The molecule has 0 bridgehead atoms. The second kappa shape index (κ2) is 4.45. The van der Waals surface area contributed by atoms with Crippen LogP contribution in [-0.2, 0) is 12.8 Å². The summed E-state index contributed by atoms with van der Waals surface area (Å²) in [6.45, 7) is 4.49. The van der Waals surface area contributed by atoms with Crippen molar-refractivity contribution >= 4 is 21.5 Å². The molecule has 0 heterocycles. The molecule has 0 atom stereocenters. The first-order valence-electron chi connectivity index (χ1n) is 6.68. The van der Waals surface area contributed by atoms with Crippen molar-refractivity contribution in [1.82, 2.24) is 0 Å². The first-order chi connectivity index (χ1) is 8.85. The highest BCUT2D eigenvalue weighted by Gasteiger charge is 2.08. The van der Waals surface area contributed by atoms with Crippen molar-refractivity contribution in [2.24, 2.45) is 0 Å². The summed E-state index contributed by atoms with van der Waals surface area (Å²) in [5, 5.41) is 5.43. The maximum Gasteiger partial charge on any atom is -0.00707 e. The lowest BCUT2D eigenvalue weighted by Gasteiger charge is -2.12. The van der Waals surface area contributed by atoms with Gasteiger partial charge < -0.3 is 0 Å². The fourth-order valence-electron chi connectivity index (χ4n) is 2.89. The molecule has 3 aromatic carbocycles. The Morgan fingerprint density at radius 2 is 1.67 bits per heavy atom. The van der Waals surface area contributed by atoms with Gasteiger partial charge in [0.15, 0.2) is 0 Å². The van der Waals surface area contributed by atoms with Gasteiger partial charge >= 0.3 is 0 Å². The molecule has 0 saturated carbocycles. The summed E-state index contributed by atoms with van der Waals surface area (Å²) >= 11 is 0. The number of aryl methyl sites for hydroxylation is 2. The zero-order valence-electron chi connectivity index (χ0n) is 11.0. The summed E-state index contributed by atoms with van der Waals surface area (Å²) in [5.74, 6) is 0. The van der Waals surface area contributed by atoms with Gasteiger partial charge in [0, 0.05) is 0 Å². The van der Waals surface area contributed by atoms with Crippen LogP contribution in [0, 0.1) is 6.07 Å². The number of fused-ring (bicyclic) bond motifs is 3. The number of hydrogen-bond donors (Lipinski definition) is 0. The Morgan fingerprint density at radius 1 is 0.889 bits per heavy atom. The largest absolute Gasteiger partial charge is 0.0613 e. The van der Waals surface area contributed by atoms with Crippen LogP contribution >= 0.6 is 0 Å². The monoisotopic (exact) mass is 233 g/mol. The molecule has 0 N–H and O–H groups in total. The smallest absolute Gasteiger partial charge is 0.00707 e. The molecule has 0 unspecified atom stereocenters. The molecule has 0 aliphatic rings. The molecule has 0 aliphatic carbocycles. The Kier molecular flexibility index (Phi) is 2.79. The minimum Gasteiger partial charge on any atom is -0.0613 e. The van der Waals surface area contributed by atoms with E-state index >= 15 is 0 Å². The van der Waals surface area contributed by atoms with Crippen molar-refractivity contribution < 1.29 is 0 Å². The van der Waals surface area contributed by atoms with Gasteiger partial charge in [0.2, 0.25) is 0 Å². The molecular formula is C18H17. The lowest BCUT2D eigenvalue weighted by atomic mass is 9.92. The number of rotatable bonds is 2. The van der Waals surface area contributed by atoms with E-state index in [9.17, 15) is 0 Å². The van der Waals surface area contributed by atoms with Crippen molar-refractivity contribution in [3.05, 3.63) is 59.7 Å². The Hall–Kier alpha value is -1.82. The highest BCUT2D eigenvalue weighted by atomic mass is 14.1. The van der Waals surface area contributed by atoms with Gasteiger partial charge in [-0.05, 0) is 57.6 Å². The maximum atomic E-state index is 3.17. The standard InChI is InChI=1S/C18H17/c1-3-13-9-11-15-12-10-14-7-5-6-8-17(14)18(15)16(13)4-2/h6-12H,3-4H2,1-2H3. The lowest BCUT2D eigenvalue weighted by Crippen LogP contribution is -1.93. The van der Waals surface area contributed by atoms with Crippen LogP contribution in [0.25, 0.3) is 21.5 Å². The van der Waals surface area contributed by atoms with Gasteiger partial charge in [0.25, 0.3) is 0 Å². The Balaban J connectivity index is 2.53. The van der Waals surface area contributed by atoms with Gasteiger partial charge in [-0.25, -0.2) is 0 Å². The molecule has 89 valence electrons. The summed E-state index contributed by atoms with van der Waals surface area (Å²) in [4.78, 5) is 0. The normalized spacial score (nSPS) is 11.2. The zero-order chi connectivity index (χ0) is 12.5. The topological polar surface area (TPSA) is 0 Å². The average molecular weight is 233 g/mol. The molecule has 0 aliphatic heterocycles. The molecule has 1 radical (unpaired) electrons. The van der Waals surface area contributed by atoms with Crippen LogP contribution in [-0.4, -0.2) is 0 Å². The van der Waals surface area contributed by atoms with Crippen LogP contribution in [0.2, 0.25) is 0 Å². The summed E-state index contributed by atoms with van der Waals surface area (Å²) in [6.07, 6.45) is 2.20. The minimum absolute atomic E-state index is 1.10. The minimum atomic E-state index is 1.10. The molecule has 0 fully saturated rings. The quantitative estimate of drug-likeness (QED) is 0.551. The third-order valence-electron chi connectivity index (χ3n) is 3.78. The molecule has 0 amide bonds. The Labute approximate surface area is 108 Å². The van der Waals surface area contributed by atoms with Crippen molar-refractivity contribution in [3.8, 4) is 0 Å². The second-order valence-electron chi connectivity index (χ2n) is 4.72. The van der Waals surface area contributed by atoms with Crippen molar-refractivity contribution in [2.45, 2.75) is 26.7 Å². The van der Waals surface area contributed by atoms with Crippen molar-refractivity contribution in [3.63, 3.8) is 0 Å². The predicted octanol–water partition coefficient (Wildman–Crippen LogP) is 4.92. The molecule has 18 heavy (non-hydrogen) atoms. The highest BCUT2D eigenvalue weighted by Crippen LogP contribution is 2.30. The van der Waals surface area contributed by atoms with Gasteiger partial charge in [-0.2, -0.15) is 0 Å². The number of benzene rings is 3. The SMILES string of the molecule is CCc1ccc2ccc3c[c]ccc3c2c1CC. The van der Waals surface area contributed by atoms with Crippen molar-refractivity contribution in [1.29, 1.82) is 0 Å². The highest BCUT2D eigenvalue weighted by molar-refractivity contribution is 6.09. The lowest BCUT2D eigenvalue weighted by molar-refractivity contribution is 1.05. The van der Waals surface area contributed by atoms with Gasteiger partial charge in [-0.3, -0.25) is 0 Å². The molecule has 3 rings (SSSR count). The van der Waals surface area contributed by atoms with Crippen LogP contribution in [0.3, 0.4) is 0 Å². The third-order valence-corrected chi connectivity index (χ3v) is 3.78. The van der Waals surface area contributed by atoms with Gasteiger partial charge in [0.05, 0.1) is 0 Å². The molecular weight excluding hydrogens is 216 g/mol. The first kappa shape index (κ1) is 11.3. The van der Waals surface area contributed by atoms with Crippen LogP contribution in [0.4, 0.5) is 0 Å². The molecule has 0 nitrogen and oxygen atoms in total. The Morgan fingerprint density at radius 3 is 2.44 bits per heavy atom. The predicted molar refractivity (Wildman–Crippen MR) is 79.0 cm³/mol. The molecule has 0 heteroatoms.